The maximum absolute atomic E-state index is 10.5. The highest BCUT2D eigenvalue weighted by molar-refractivity contribution is 5.70. The molecule has 0 bridgehead atoms. The lowest BCUT2D eigenvalue weighted by Gasteiger charge is -2.24. The number of nitrogens with two attached hydrogens (primary N) is 1. The first kappa shape index (κ1) is 12.4. The van der Waals surface area contributed by atoms with Crippen molar-refractivity contribution in [2.24, 2.45) is 5.73 Å². The highest BCUT2D eigenvalue weighted by Crippen LogP contribution is 2.09. The number of ether oxygens (including phenoxy) is 3. The molecule has 0 amide bonds. The molecule has 0 aromatic carbocycles. The molecule has 0 atom stereocenters. The van der Waals surface area contributed by atoms with E-state index in [9.17, 15) is 14.4 Å². The summed E-state index contributed by atoms with van der Waals surface area (Å²) in [6, 6.07) is 0. The molecule has 0 aromatic rings. The van der Waals surface area contributed by atoms with Crippen molar-refractivity contribution in [3.63, 3.8) is 0 Å². The number of carbonyl (C=O) groups excluding carboxylic acids is 3. The highest BCUT2D eigenvalue weighted by atomic mass is 16.9. The smallest absolute Gasteiger partial charge is 0.375 e. The minimum atomic E-state index is -2.48. The molecule has 0 unspecified atom stereocenters. The standard InChI is InChI=1S/C7H11NO6/c1-4(9)12-7(8,13-5(2)10)14-6(3)11/h8H2,1-3H3. The summed E-state index contributed by atoms with van der Waals surface area (Å²) in [5.74, 6) is -2.56. The average molecular weight is 205 g/mol. The van der Waals surface area contributed by atoms with E-state index in [2.05, 4.69) is 14.2 Å². The Morgan fingerprint density at radius 3 is 1.21 bits per heavy atom. The Morgan fingerprint density at radius 2 is 1.07 bits per heavy atom. The second kappa shape index (κ2) is 4.56. The van der Waals surface area contributed by atoms with Crippen LogP contribution in [-0.2, 0) is 28.6 Å². The Labute approximate surface area is 80.1 Å². The third kappa shape index (κ3) is 5.09. The fraction of sp³-hybridized carbons (Fsp3) is 0.571. The lowest BCUT2D eigenvalue weighted by molar-refractivity contribution is -0.324. The van der Waals surface area contributed by atoms with Crippen LogP contribution in [0, 0.1) is 0 Å². The molecule has 0 spiro atoms. The molecule has 7 heteroatoms. The third-order valence-electron chi connectivity index (χ3n) is 0.858. The minimum absolute atomic E-state index is 0.852. The topological polar surface area (TPSA) is 105 Å². The van der Waals surface area contributed by atoms with Gasteiger partial charge in [-0.2, -0.15) is 0 Å². The first-order chi connectivity index (χ1) is 6.25. The SMILES string of the molecule is CC(=O)OC(N)(OC(C)=O)OC(C)=O. The van der Waals surface area contributed by atoms with Crippen molar-refractivity contribution in [3.05, 3.63) is 0 Å². The molecule has 0 rings (SSSR count). The van der Waals surface area contributed by atoms with Gasteiger partial charge in [0.2, 0.25) is 0 Å². The summed E-state index contributed by atoms with van der Waals surface area (Å²) >= 11 is 0. The minimum Gasteiger partial charge on any atom is -0.375 e. The number of rotatable bonds is 3. The van der Waals surface area contributed by atoms with Gasteiger partial charge in [-0.05, 0) is 0 Å². The van der Waals surface area contributed by atoms with Gasteiger partial charge in [-0.3, -0.25) is 14.4 Å². The van der Waals surface area contributed by atoms with Gasteiger partial charge in [0.05, 0.1) is 0 Å². The zero-order valence-electron chi connectivity index (χ0n) is 8.03. The van der Waals surface area contributed by atoms with Gasteiger partial charge in [0.25, 0.3) is 0 Å². The summed E-state index contributed by atoms with van der Waals surface area (Å²) in [4.78, 5) is 31.6. The molecule has 0 fully saturated rings. The van der Waals surface area contributed by atoms with Gasteiger partial charge < -0.3 is 14.2 Å². The van der Waals surface area contributed by atoms with Crippen molar-refractivity contribution in [2.45, 2.75) is 26.9 Å². The molecule has 0 saturated carbocycles. The predicted octanol–water partition coefficient (Wildman–Crippen LogP) is -0.754. The largest absolute Gasteiger partial charge is 0.496 e. The summed E-state index contributed by atoms with van der Waals surface area (Å²) in [5.41, 5.74) is 5.17. The molecular weight excluding hydrogens is 194 g/mol. The molecule has 0 heterocycles. The lowest BCUT2D eigenvalue weighted by atomic mass is 10.7. The summed E-state index contributed by atoms with van der Waals surface area (Å²) in [6.45, 7) is 3.07. The molecular formula is C7H11NO6. The van der Waals surface area contributed by atoms with Gasteiger partial charge in [-0.15, -0.1) is 0 Å². The van der Waals surface area contributed by atoms with E-state index in [1.54, 1.807) is 0 Å². The highest BCUT2D eigenvalue weighted by Gasteiger charge is 2.36. The van der Waals surface area contributed by atoms with Gasteiger partial charge in [-0.1, -0.05) is 0 Å². The molecule has 14 heavy (non-hydrogen) atoms. The van der Waals surface area contributed by atoms with E-state index in [1.165, 1.54) is 0 Å². The Balaban J connectivity index is 4.56. The quantitative estimate of drug-likeness (QED) is 0.477. The van der Waals surface area contributed by atoms with Crippen LogP contribution in [0.2, 0.25) is 0 Å². The van der Waals surface area contributed by atoms with E-state index in [-0.39, 0.29) is 0 Å². The van der Waals surface area contributed by atoms with Crippen LogP contribution in [0.3, 0.4) is 0 Å². The Hall–Kier alpha value is -1.63. The van der Waals surface area contributed by atoms with Crippen LogP contribution in [0.4, 0.5) is 0 Å². The maximum atomic E-state index is 10.5. The monoisotopic (exact) mass is 205 g/mol. The van der Waals surface area contributed by atoms with Gasteiger partial charge in [0.1, 0.15) is 0 Å². The number of hydrogen-bond donors (Lipinski definition) is 1. The fourth-order valence-corrected chi connectivity index (χ4v) is 0.664. The number of esters is 3. The van der Waals surface area contributed by atoms with Crippen LogP contribution >= 0.6 is 0 Å². The van der Waals surface area contributed by atoms with Crippen molar-refractivity contribution in [1.82, 2.24) is 0 Å². The first-order valence-electron chi connectivity index (χ1n) is 3.63. The van der Waals surface area contributed by atoms with Gasteiger partial charge >= 0.3 is 24.0 Å². The van der Waals surface area contributed by atoms with Crippen molar-refractivity contribution in [3.8, 4) is 0 Å². The van der Waals surface area contributed by atoms with Crippen LogP contribution in [0.15, 0.2) is 0 Å². The van der Waals surface area contributed by atoms with E-state index in [0.29, 0.717) is 0 Å². The summed E-state index contributed by atoms with van der Waals surface area (Å²) < 4.78 is 12.9. The van der Waals surface area contributed by atoms with Crippen LogP contribution in [-0.4, -0.2) is 24.0 Å². The molecule has 0 aliphatic heterocycles. The Bertz CT molecular complexity index is 220. The Kier molecular flexibility index (Phi) is 4.03. The van der Waals surface area contributed by atoms with Gasteiger partial charge in [0, 0.05) is 20.8 Å². The van der Waals surface area contributed by atoms with E-state index >= 15 is 0 Å². The zero-order valence-corrected chi connectivity index (χ0v) is 8.03. The van der Waals surface area contributed by atoms with E-state index in [1.807, 2.05) is 0 Å². The summed E-state index contributed by atoms with van der Waals surface area (Å²) in [6.07, 6.45) is -2.48. The predicted molar refractivity (Wildman–Crippen MR) is 42.2 cm³/mol. The fourth-order valence-electron chi connectivity index (χ4n) is 0.664. The van der Waals surface area contributed by atoms with Crippen LogP contribution in [0.5, 0.6) is 0 Å². The van der Waals surface area contributed by atoms with Crippen LogP contribution < -0.4 is 5.73 Å². The van der Waals surface area contributed by atoms with E-state index in [4.69, 9.17) is 5.73 Å². The lowest BCUT2D eigenvalue weighted by Crippen LogP contribution is -2.51. The molecule has 0 aliphatic rings. The van der Waals surface area contributed by atoms with E-state index in [0.717, 1.165) is 20.8 Å². The second-order valence-electron chi connectivity index (χ2n) is 2.38. The summed E-state index contributed by atoms with van der Waals surface area (Å²) in [7, 11) is 0. The average Bonchev–Trinajstić information content (AvgIpc) is 1.76. The van der Waals surface area contributed by atoms with Crippen molar-refractivity contribution in [1.29, 1.82) is 0 Å². The number of hydrogen-bond acceptors (Lipinski definition) is 7. The van der Waals surface area contributed by atoms with Crippen molar-refractivity contribution in [2.75, 3.05) is 0 Å². The molecule has 2 N–H and O–H groups in total. The number of carbonyl (C=O) groups is 3. The molecule has 7 nitrogen and oxygen atoms in total. The van der Waals surface area contributed by atoms with Crippen LogP contribution in [0.1, 0.15) is 20.8 Å². The Morgan fingerprint density at radius 1 is 0.857 bits per heavy atom. The maximum Gasteiger partial charge on any atom is 0.496 e. The van der Waals surface area contributed by atoms with Crippen molar-refractivity contribution < 1.29 is 28.6 Å². The van der Waals surface area contributed by atoms with E-state index < -0.39 is 24.0 Å². The second-order valence-corrected chi connectivity index (χ2v) is 2.38. The summed E-state index contributed by atoms with van der Waals surface area (Å²) in [5, 5.41) is 0. The van der Waals surface area contributed by atoms with Gasteiger partial charge in [-0.25, -0.2) is 5.73 Å². The van der Waals surface area contributed by atoms with Crippen molar-refractivity contribution >= 4 is 17.9 Å². The molecule has 80 valence electrons. The molecule has 0 saturated heterocycles. The third-order valence-corrected chi connectivity index (χ3v) is 0.858. The first-order valence-corrected chi connectivity index (χ1v) is 3.63. The van der Waals surface area contributed by atoms with Crippen LogP contribution in [0.25, 0.3) is 0 Å². The van der Waals surface area contributed by atoms with Gasteiger partial charge in [0.15, 0.2) is 0 Å². The molecule has 0 aliphatic carbocycles. The molecule has 0 aromatic heterocycles. The normalized spacial score (nSPS) is 10.3. The zero-order chi connectivity index (χ0) is 11.4. The molecule has 0 radical (unpaired) electrons.